The number of hydrogen-bond acceptors (Lipinski definition) is 3. The molecule has 1 aromatic heterocycles. The smallest absolute Gasteiger partial charge is 0.123 e. The molecule has 0 aliphatic rings. The van der Waals surface area contributed by atoms with E-state index in [1.54, 1.807) is 23.9 Å². The Morgan fingerprint density at radius 1 is 1.10 bits per heavy atom. The summed E-state index contributed by atoms with van der Waals surface area (Å²) in [5.74, 6) is 1.23. The third kappa shape index (κ3) is 3.90. The highest BCUT2D eigenvalue weighted by atomic mass is 35.5. The summed E-state index contributed by atoms with van der Waals surface area (Å²) in [5.41, 5.74) is 8.03. The molecule has 20 heavy (non-hydrogen) atoms. The molecule has 2 rings (SSSR count). The second-order valence-corrected chi connectivity index (χ2v) is 7.18. The van der Waals surface area contributed by atoms with Crippen LogP contribution < -0.4 is 5.73 Å². The van der Waals surface area contributed by atoms with Crippen LogP contribution in [0.3, 0.4) is 0 Å². The van der Waals surface area contributed by atoms with Crippen molar-refractivity contribution in [1.82, 2.24) is 4.98 Å². The zero-order valence-corrected chi connectivity index (χ0v) is 13.6. The molecule has 0 amide bonds. The van der Waals surface area contributed by atoms with Gasteiger partial charge in [-0.25, -0.2) is 4.98 Å². The van der Waals surface area contributed by atoms with Crippen LogP contribution in [-0.4, -0.2) is 4.98 Å². The van der Waals surface area contributed by atoms with Gasteiger partial charge >= 0.3 is 0 Å². The summed E-state index contributed by atoms with van der Waals surface area (Å²) >= 11 is 7.83. The van der Waals surface area contributed by atoms with Gasteiger partial charge in [-0.3, -0.25) is 0 Å². The van der Waals surface area contributed by atoms with E-state index in [2.05, 4.69) is 50.0 Å². The van der Waals surface area contributed by atoms with E-state index in [4.69, 9.17) is 17.3 Å². The minimum Gasteiger partial charge on any atom is -0.384 e. The van der Waals surface area contributed by atoms with E-state index in [-0.39, 0.29) is 5.41 Å². The Balaban J connectivity index is 2.06. The Morgan fingerprint density at radius 2 is 1.75 bits per heavy atom. The molecule has 106 valence electrons. The summed E-state index contributed by atoms with van der Waals surface area (Å²) < 4.78 is 0. The number of hydrogen-bond donors (Lipinski definition) is 1. The lowest BCUT2D eigenvalue weighted by molar-refractivity contribution is 0.590. The highest BCUT2D eigenvalue weighted by Crippen LogP contribution is 2.29. The number of rotatable bonds is 3. The lowest BCUT2D eigenvalue weighted by Gasteiger charge is -2.19. The number of anilines is 1. The summed E-state index contributed by atoms with van der Waals surface area (Å²) in [6, 6.07) is 12.2. The Hall–Kier alpha value is -1.19. The normalized spacial score (nSPS) is 11.6. The minimum absolute atomic E-state index is 0.182. The van der Waals surface area contributed by atoms with Gasteiger partial charge in [-0.05, 0) is 35.2 Å². The molecular weight excluding hydrogens is 288 g/mol. The van der Waals surface area contributed by atoms with Crippen molar-refractivity contribution in [2.24, 2.45) is 0 Å². The van der Waals surface area contributed by atoms with Gasteiger partial charge in [0.1, 0.15) is 5.82 Å². The van der Waals surface area contributed by atoms with Gasteiger partial charge < -0.3 is 5.73 Å². The highest BCUT2D eigenvalue weighted by Gasteiger charge is 2.13. The van der Waals surface area contributed by atoms with E-state index in [0.717, 1.165) is 11.4 Å². The van der Waals surface area contributed by atoms with Crippen LogP contribution in [0, 0.1) is 0 Å². The van der Waals surface area contributed by atoms with Crippen molar-refractivity contribution in [3.8, 4) is 0 Å². The van der Waals surface area contributed by atoms with E-state index in [9.17, 15) is 0 Å². The molecule has 2 aromatic rings. The molecule has 1 heterocycles. The molecular formula is C16H19ClN2S. The summed E-state index contributed by atoms with van der Waals surface area (Å²) in [6.45, 7) is 6.64. The number of pyridine rings is 1. The standard InChI is InChI=1S/C16H19ClN2S/c1-16(2,3)11-4-6-12(7-5-11)20-10-14-13(17)8-9-15(18)19-14/h4-9H,10H2,1-3H3,(H2,18,19). The second kappa shape index (κ2) is 6.06. The first-order valence-electron chi connectivity index (χ1n) is 6.50. The fourth-order valence-corrected chi connectivity index (χ4v) is 2.91. The van der Waals surface area contributed by atoms with Crippen LogP contribution in [0.2, 0.25) is 5.02 Å². The fraction of sp³-hybridized carbons (Fsp3) is 0.312. The number of aromatic nitrogens is 1. The van der Waals surface area contributed by atoms with Crippen molar-refractivity contribution < 1.29 is 0 Å². The molecule has 1 aromatic carbocycles. The second-order valence-electron chi connectivity index (χ2n) is 5.73. The monoisotopic (exact) mass is 306 g/mol. The van der Waals surface area contributed by atoms with Gasteiger partial charge in [0.2, 0.25) is 0 Å². The van der Waals surface area contributed by atoms with Gasteiger partial charge in [0.25, 0.3) is 0 Å². The largest absolute Gasteiger partial charge is 0.384 e. The topological polar surface area (TPSA) is 38.9 Å². The van der Waals surface area contributed by atoms with Crippen molar-refractivity contribution in [2.75, 3.05) is 5.73 Å². The highest BCUT2D eigenvalue weighted by molar-refractivity contribution is 7.98. The van der Waals surface area contributed by atoms with Gasteiger partial charge in [0.15, 0.2) is 0 Å². The molecule has 0 bridgehead atoms. The van der Waals surface area contributed by atoms with Gasteiger partial charge in [-0.1, -0.05) is 44.5 Å². The van der Waals surface area contributed by atoms with Crippen LogP contribution in [0.15, 0.2) is 41.3 Å². The zero-order chi connectivity index (χ0) is 14.8. The van der Waals surface area contributed by atoms with Gasteiger partial charge in [0, 0.05) is 10.6 Å². The molecule has 0 spiro atoms. The first kappa shape index (κ1) is 15.2. The lowest BCUT2D eigenvalue weighted by atomic mass is 9.87. The summed E-state index contributed by atoms with van der Waals surface area (Å²) in [6.07, 6.45) is 0. The molecule has 0 saturated heterocycles. The van der Waals surface area contributed by atoms with Gasteiger partial charge in [-0.15, -0.1) is 11.8 Å². The Labute approximate surface area is 129 Å². The third-order valence-corrected chi connectivity index (χ3v) is 4.40. The lowest BCUT2D eigenvalue weighted by Crippen LogP contribution is -2.10. The maximum Gasteiger partial charge on any atom is 0.123 e. The van der Waals surface area contributed by atoms with E-state index in [1.807, 2.05) is 0 Å². The van der Waals surface area contributed by atoms with E-state index in [1.165, 1.54) is 10.5 Å². The minimum atomic E-state index is 0.182. The number of benzene rings is 1. The average Bonchev–Trinajstić information content (AvgIpc) is 2.39. The van der Waals surface area contributed by atoms with Crippen molar-refractivity contribution in [3.05, 3.63) is 52.7 Å². The van der Waals surface area contributed by atoms with Crippen molar-refractivity contribution >= 4 is 29.2 Å². The van der Waals surface area contributed by atoms with Gasteiger partial charge in [-0.2, -0.15) is 0 Å². The maximum atomic E-state index is 6.12. The molecule has 0 saturated carbocycles. The predicted octanol–water partition coefficient (Wildman–Crippen LogP) is 4.91. The average molecular weight is 307 g/mol. The van der Waals surface area contributed by atoms with E-state index in [0.29, 0.717) is 10.8 Å². The fourth-order valence-electron chi connectivity index (χ4n) is 1.81. The molecule has 0 atom stereocenters. The number of nitrogens with zero attached hydrogens (tertiary/aromatic N) is 1. The Kier molecular flexibility index (Phi) is 4.61. The first-order valence-corrected chi connectivity index (χ1v) is 7.87. The molecule has 0 unspecified atom stereocenters. The van der Waals surface area contributed by atoms with Crippen molar-refractivity contribution in [1.29, 1.82) is 0 Å². The number of thioether (sulfide) groups is 1. The van der Waals surface area contributed by atoms with Crippen LogP contribution in [0.4, 0.5) is 5.82 Å². The number of nitrogens with two attached hydrogens (primary N) is 1. The van der Waals surface area contributed by atoms with E-state index >= 15 is 0 Å². The zero-order valence-electron chi connectivity index (χ0n) is 12.0. The quantitative estimate of drug-likeness (QED) is 0.819. The maximum absolute atomic E-state index is 6.12. The molecule has 4 heteroatoms. The molecule has 0 radical (unpaired) electrons. The number of halogens is 1. The molecule has 2 nitrogen and oxygen atoms in total. The molecule has 0 aliphatic heterocycles. The van der Waals surface area contributed by atoms with Crippen LogP contribution in [0.5, 0.6) is 0 Å². The van der Waals surface area contributed by atoms with Crippen LogP contribution in [-0.2, 0) is 11.2 Å². The Bertz CT molecular complexity index is 588. The predicted molar refractivity (Wildman–Crippen MR) is 88.4 cm³/mol. The van der Waals surface area contributed by atoms with E-state index < -0.39 is 0 Å². The SMILES string of the molecule is CC(C)(C)c1ccc(SCc2nc(N)ccc2Cl)cc1. The first-order chi connectivity index (χ1) is 9.36. The molecule has 0 fully saturated rings. The van der Waals surface area contributed by atoms with Crippen LogP contribution in [0.25, 0.3) is 0 Å². The van der Waals surface area contributed by atoms with Crippen molar-refractivity contribution in [2.45, 2.75) is 36.8 Å². The summed E-state index contributed by atoms with van der Waals surface area (Å²) in [5, 5.41) is 0.665. The van der Waals surface area contributed by atoms with Crippen LogP contribution in [0.1, 0.15) is 32.0 Å². The van der Waals surface area contributed by atoms with Gasteiger partial charge in [0.05, 0.1) is 10.7 Å². The molecule has 2 N–H and O–H groups in total. The Morgan fingerprint density at radius 3 is 2.35 bits per heavy atom. The van der Waals surface area contributed by atoms with Crippen molar-refractivity contribution in [3.63, 3.8) is 0 Å². The van der Waals surface area contributed by atoms with Crippen LogP contribution >= 0.6 is 23.4 Å². The summed E-state index contributed by atoms with van der Waals surface area (Å²) in [7, 11) is 0. The third-order valence-electron chi connectivity index (χ3n) is 3.04. The summed E-state index contributed by atoms with van der Waals surface area (Å²) in [4.78, 5) is 5.48. The molecule has 0 aliphatic carbocycles. The number of nitrogen functional groups attached to an aromatic ring is 1.